The summed E-state index contributed by atoms with van der Waals surface area (Å²) in [6, 6.07) is 0. The van der Waals surface area contributed by atoms with Gasteiger partial charge >= 0.3 is 29.8 Å². The van der Waals surface area contributed by atoms with Crippen molar-refractivity contribution in [3.8, 4) is 0 Å². The van der Waals surface area contributed by atoms with Crippen molar-refractivity contribution in [3.05, 3.63) is 12.2 Å². The van der Waals surface area contributed by atoms with Crippen LogP contribution in [0.5, 0.6) is 0 Å². The second kappa shape index (κ2) is 11.3. The first-order valence-corrected chi connectivity index (χ1v) is 15.0. The third-order valence-electron chi connectivity index (χ3n) is 9.83. The van der Waals surface area contributed by atoms with Crippen LogP contribution in [0.25, 0.3) is 0 Å². The molecule has 1 saturated heterocycles. The molecule has 1 heterocycles. The molecular formula is C32H44O12. The lowest BCUT2D eigenvalue weighted by molar-refractivity contribution is -0.244. The van der Waals surface area contributed by atoms with E-state index >= 15 is 0 Å². The normalized spacial score (nSPS) is 39.1. The van der Waals surface area contributed by atoms with Gasteiger partial charge in [-0.15, -0.1) is 0 Å². The minimum absolute atomic E-state index is 0.0321. The molecule has 0 spiro atoms. The Morgan fingerprint density at radius 3 is 2.09 bits per heavy atom. The molecule has 44 heavy (non-hydrogen) atoms. The van der Waals surface area contributed by atoms with Crippen molar-refractivity contribution < 1.29 is 57.2 Å². The van der Waals surface area contributed by atoms with Crippen molar-refractivity contribution in [2.45, 2.75) is 111 Å². The lowest BCUT2D eigenvalue weighted by Crippen LogP contribution is -2.64. The number of ether oxygens (including phenoxy) is 6. The van der Waals surface area contributed by atoms with Crippen LogP contribution in [0, 0.1) is 35.0 Å². The maximum absolute atomic E-state index is 14.4. The van der Waals surface area contributed by atoms with Gasteiger partial charge in [-0.2, -0.15) is 0 Å². The Labute approximate surface area is 257 Å². The summed E-state index contributed by atoms with van der Waals surface area (Å²) in [5.74, 6) is -7.50. The van der Waals surface area contributed by atoms with Crippen LogP contribution in [0.15, 0.2) is 12.2 Å². The fourth-order valence-corrected chi connectivity index (χ4v) is 8.57. The predicted molar refractivity (Wildman–Crippen MR) is 151 cm³/mol. The van der Waals surface area contributed by atoms with E-state index in [1.54, 1.807) is 47.6 Å². The molecule has 2 bridgehead atoms. The molecule has 0 amide bonds. The van der Waals surface area contributed by atoms with Gasteiger partial charge in [0.15, 0.2) is 17.5 Å². The molecule has 244 valence electrons. The van der Waals surface area contributed by atoms with Crippen LogP contribution >= 0.6 is 0 Å². The summed E-state index contributed by atoms with van der Waals surface area (Å²) < 4.78 is 36.8. The molecule has 4 rings (SSSR count). The minimum atomic E-state index is -1.76. The van der Waals surface area contributed by atoms with Crippen LogP contribution in [0.4, 0.5) is 0 Å². The van der Waals surface area contributed by atoms with Crippen LogP contribution in [-0.2, 0) is 57.2 Å². The molecule has 0 radical (unpaired) electrons. The van der Waals surface area contributed by atoms with Gasteiger partial charge in [-0.1, -0.05) is 26.8 Å². The van der Waals surface area contributed by atoms with Crippen LogP contribution in [-0.4, -0.2) is 77.4 Å². The Balaban J connectivity index is 2.12. The molecule has 2 saturated carbocycles. The molecule has 3 aliphatic carbocycles. The Morgan fingerprint density at radius 2 is 1.57 bits per heavy atom. The Morgan fingerprint density at radius 1 is 0.955 bits per heavy atom. The molecule has 0 aromatic carbocycles. The monoisotopic (exact) mass is 620 g/mol. The SMILES string of the molecule is CC(=O)O[C@@H]1[C@]2(C)OC[C@]3(C(=O)C=C[C@H](C(C)(C)OC(C)=O)[C@@H]23)[C@H](OC(C)=O)[C@H]2[C@@H](OC(=O)C(C)C)[C@@H](C)C[C@@]21OC(C)=O. The van der Waals surface area contributed by atoms with E-state index in [4.69, 9.17) is 28.4 Å². The molecule has 1 aliphatic heterocycles. The number of esters is 5. The van der Waals surface area contributed by atoms with Gasteiger partial charge in [0, 0.05) is 39.5 Å². The van der Waals surface area contributed by atoms with E-state index in [1.807, 2.05) is 0 Å². The van der Waals surface area contributed by atoms with Gasteiger partial charge in [-0.3, -0.25) is 28.8 Å². The summed E-state index contributed by atoms with van der Waals surface area (Å²) >= 11 is 0. The van der Waals surface area contributed by atoms with E-state index in [0.29, 0.717) is 0 Å². The van der Waals surface area contributed by atoms with Crippen LogP contribution in [0.2, 0.25) is 0 Å². The van der Waals surface area contributed by atoms with Gasteiger partial charge in [0.25, 0.3) is 0 Å². The lowest BCUT2D eigenvalue weighted by atomic mass is 9.54. The first-order chi connectivity index (χ1) is 20.2. The quantitative estimate of drug-likeness (QED) is 0.303. The van der Waals surface area contributed by atoms with Crippen LogP contribution in [0.1, 0.15) is 75.7 Å². The average Bonchev–Trinajstić information content (AvgIpc) is 3.31. The second-order valence-electron chi connectivity index (χ2n) is 13.8. The Bertz CT molecular complexity index is 1280. The zero-order valence-corrected chi connectivity index (χ0v) is 27.1. The third-order valence-corrected chi connectivity index (χ3v) is 9.83. The summed E-state index contributed by atoms with van der Waals surface area (Å²) in [7, 11) is 0. The highest BCUT2D eigenvalue weighted by Crippen LogP contribution is 2.68. The maximum Gasteiger partial charge on any atom is 0.308 e. The summed E-state index contributed by atoms with van der Waals surface area (Å²) in [6.07, 6.45) is -0.697. The fourth-order valence-electron chi connectivity index (χ4n) is 8.57. The van der Waals surface area contributed by atoms with Crippen molar-refractivity contribution >= 4 is 35.6 Å². The molecule has 10 atom stereocenters. The van der Waals surface area contributed by atoms with Gasteiger partial charge in [0.05, 0.1) is 18.4 Å². The molecule has 0 aromatic rings. The van der Waals surface area contributed by atoms with Gasteiger partial charge in [0.2, 0.25) is 0 Å². The second-order valence-corrected chi connectivity index (χ2v) is 13.8. The zero-order chi connectivity index (χ0) is 33.2. The first kappa shape index (κ1) is 33.6. The molecule has 12 nitrogen and oxygen atoms in total. The Hall–Kier alpha value is -3.28. The number of ketones is 1. The van der Waals surface area contributed by atoms with Crippen LogP contribution < -0.4 is 0 Å². The highest BCUT2D eigenvalue weighted by Gasteiger charge is 2.82. The van der Waals surface area contributed by atoms with E-state index in [9.17, 15) is 28.8 Å². The maximum atomic E-state index is 14.4. The van der Waals surface area contributed by atoms with Crippen molar-refractivity contribution in [3.63, 3.8) is 0 Å². The fraction of sp³-hybridized carbons (Fsp3) is 0.750. The third kappa shape index (κ3) is 5.12. The van der Waals surface area contributed by atoms with Gasteiger partial charge in [-0.25, -0.2) is 0 Å². The van der Waals surface area contributed by atoms with E-state index in [1.165, 1.54) is 33.8 Å². The lowest BCUT2D eigenvalue weighted by Gasteiger charge is -2.50. The van der Waals surface area contributed by atoms with Gasteiger partial charge in [0.1, 0.15) is 28.8 Å². The number of hydrogen-bond acceptors (Lipinski definition) is 12. The number of carbonyl (C=O) groups excluding carboxylic acids is 6. The molecule has 0 N–H and O–H groups in total. The van der Waals surface area contributed by atoms with E-state index in [2.05, 4.69) is 0 Å². The van der Waals surface area contributed by atoms with Crippen molar-refractivity contribution in [2.75, 3.05) is 6.61 Å². The minimum Gasteiger partial charge on any atom is -0.461 e. The molecule has 12 heteroatoms. The van der Waals surface area contributed by atoms with Crippen molar-refractivity contribution in [2.24, 2.45) is 35.0 Å². The predicted octanol–water partition coefficient (Wildman–Crippen LogP) is 2.88. The molecule has 3 fully saturated rings. The smallest absolute Gasteiger partial charge is 0.308 e. The topological polar surface area (TPSA) is 158 Å². The van der Waals surface area contributed by atoms with E-state index in [-0.39, 0.29) is 13.0 Å². The zero-order valence-electron chi connectivity index (χ0n) is 27.1. The average molecular weight is 621 g/mol. The molecular weight excluding hydrogens is 576 g/mol. The summed E-state index contributed by atoms with van der Waals surface area (Å²) in [5.41, 5.74) is -6.16. The Kier molecular flexibility index (Phi) is 8.60. The summed E-state index contributed by atoms with van der Waals surface area (Å²) in [6.45, 7) is 14.8. The van der Waals surface area contributed by atoms with Crippen molar-refractivity contribution in [1.29, 1.82) is 0 Å². The molecule has 0 unspecified atom stereocenters. The number of fused-ring (bicyclic) bond motifs is 1. The summed E-state index contributed by atoms with van der Waals surface area (Å²) in [4.78, 5) is 78.4. The largest absolute Gasteiger partial charge is 0.461 e. The van der Waals surface area contributed by atoms with Gasteiger partial charge in [-0.05, 0) is 39.2 Å². The van der Waals surface area contributed by atoms with Crippen LogP contribution in [0.3, 0.4) is 0 Å². The highest BCUT2D eigenvalue weighted by molar-refractivity contribution is 5.98. The van der Waals surface area contributed by atoms with Gasteiger partial charge < -0.3 is 28.4 Å². The number of rotatable bonds is 7. The van der Waals surface area contributed by atoms with Crippen molar-refractivity contribution in [1.82, 2.24) is 0 Å². The van der Waals surface area contributed by atoms with E-state index in [0.717, 1.165) is 0 Å². The molecule has 0 aromatic heterocycles. The highest BCUT2D eigenvalue weighted by atomic mass is 16.6. The number of carbonyl (C=O) groups is 6. The summed E-state index contributed by atoms with van der Waals surface area (Å²) in [5, 5.41) is 0. The number of allylic oxidation sites excluding steroid dienone is 1. The van der Waals surface area contributed by atoms with E-state index < -0.39 is 106 Å². The number of hydrogen-bond donors (Lipinski definition) is 0. The first-order valence-electron chi connectivity index (χ1n) is 15.0. The molecule has 4 aliphatic rings. The standard InChI is InChI=1S/C32H44O12/c1-15(2)27(38)42-24-16(3)13-32(44-20(7)36)23(24)26(40-17(4)33)31-14-39-30(10,28(32)41-18(5)34)25(31)21(11-12-22(31)37)29(8,9)43-19(6)35/h11-12,15-16,21,23-26,28H,13-14H2,1-10H3/t16-,21-,23+,24-,25-,26+,28+,30+,31+,32+/m0/s1.